The molecule has 1 amide bonds. The normalized spacial score (nSPS) is 12.9. The number of halogens is 3. The Balaban J connectivity index is 1.81. The number of anilines is 1. The first-order chi connectivity index (χ1) is 13.3. The summed E-state index contributed by atoms with van der Waals surface area (Å²) < 4.78 is 60.6. The fourth-order valence-corrected chi connectivity index (χ4v) is 3.50. The number of hydrogen-bond acceptors (Lipinski definition) is 3. The molecule has 0 atom stereocenters. The van der Waals surface area contributed by atoms with Crippen molar-refractivity contribution in [3.63, 3.8) is 0 Å². The summed E-state index contributed by atoms with van der Waals surface area (Å²) in [6.45, 7) is 6.22. The van der Waals surface area contributed by atoms with E-state index in [4.69, 9.17) is 0 Å². The van der Waals surface area contributed by atoms with Gasteiger partial charge in [-0.05, 0) is 48.5 Å². The standard InChI is InChI=1S/C20H19F3N2O3S/c1-19(2,3)17-11-13-10-14(6-9-16(13)25-17)24-18(26)12-4-7-15(8-5-12)29(27,28)20(21,22)23/h4-11,25H,1-3H3,(H,24,26). The van der Waals surface area contributed by atoms with E-state index < -0.39 is 26.1 Å². The molecule has 0 radical (unpaired) electrons. The van der Waals surface area contributed by atoms with Gasteiger partial charge in [0.1, 0.15) is 0 Å². The van der Waals surface area contributed by atoms with Gasteiger partial charge in [0.15, 0.2) is 0 Å². The second-order valence-corrected chi connectivity index (χ2v) is 9.60. The fourth-order valence-electron chi connectivity index (χ4n) is 2.74. The van der Waals surface area contributed by atoms with E-state index in [1.807, 2.05) is 12.1 Å². The number of carbonyl (C=O) groups excluding carboxylic acids is 1. The number of fused-ring (bicyclic) bond motifs is 1. The zero-order valence-electron chi connectivity index (χ0n) is 15.9. The zero-order valence-corrected chi connectivity index (χ0v) is 16.7. The van der Waals surface area contributed by atoms with Gasteiger partial charge < -0.3 is 10.3 Å². The molecule has 0 aliphatic heterocycles. The summed E-state index contributed by atoms with van der Waals surface area (Å²) in [7, 11) is -5.45. The lowest BCUT2D eigenvalue weighted by molar-refractivity contribution is -0.0436. The Labute approximate surface area is 165 Å². The van der Waals surface area contributed by atoms with E-state index in [2.05, 4.69) is 31.1 Å². The summed E-state index contributed by atoms with van der Waals surface area (Å²) in [4.78, 5) is 14.8. The summed E-state index contributed by atoms with van der Waals surface area (Å²) in [5, 5.41) is 3.56. The first-order valence-electron chi connectivity index (χ1n) is 8.65. The highest BCUT2D eigenvalue weighted by molar-refractivity contribution is 7.92. The molecule has 0 saturated carbocycles. The van der Waals surface area contributed by atoms with Crippen LogP contribution in [0.5, 0.6) is 0 Å². The van der Waals surface area contributed by atoms with E-state index in [1.165, 1.54) is 0 Å². The number of amides is 1. The molecule has 2 N–H and O–H groups in total. The van der Waals surface area contributed by atoms with Gasteiger partial charge in [-0.25, -0.2) is 8.42 Å². The van der Waals surface area contributed by atoms with Crippen LogP contribution in [-0.4, -0.2) is 24.8 Å². The lowest BCUT2D eigenvalue weighted by atomic mass is 9.92. The molecule has 2 aromatic carbocycles. The Morgan fingerprint density at radius 1 is 0.966 bits per heavy atom. The van der Waals surface area contributed by atoms with Gasteiger partial charge >= 0.3 is 5.51 Å². The fraction of sp³-hybridized carbons (Fsp3) is 0.250. The van der Waals surface area contributed by atoms with Gasteiger partial charge in [-0.15, -0.1) is 0 Å². The predicted molar refractivity (Wildman–Crippen MR) is 105 cm³/mol. The minimum absolute atomic E-state index is 0.0377. The number of carbonyl (C=O) groups is 1. The van der Waals surface area contributed by atoms with Crippen molar-refractivity contribution in [1.29, 1.82) is 0 Å². The summed E-state index contributed by atoms with van der Waals surface area (Å²) in [5.74, 6) is -0.563. The number of rotatable bonds is 3. The molecule has 1 aromatic heterocycles. The third-order valence-corrected chi connectivity index (χ3v) is 5.92. The number of H-pyrrole nitrogens is 1. The second kappa shape index (κ2) is 6.91. The third-order valence-electron chi connectivity index (χ3n) is 4.42. The van der Waals surface area contributed by atoms with Crippen LogP contribution in [0.4, 0.5) is 18.9 Å². The number of benzene rings is 2. The van der Waals surface area contributed by atoms with Crippen molar-refractivity contribution >= 4 is 32.3 Å². The van der Waals surface area contributed by atoms with Crippen molar-refractivity contribution in [3.05, 3.63) is 59.8 Å². The lowest BCUT2D eigenvalue weighted by Crippen LogP contribution is -2.23. The van der Waals surface area contributed by atoms with Crippen LogP contribution in [-0.2, 0) is 15.3 Å². The molecule has 0 saturated heterocycles. The minimum atomic E-state index is -5.45. The van der Waals surface area contributed by atoms with Gasteiger partial charge in [-0.1, -0.05) is 20.8 Å². The maximum absolute atomic E-state index is 12.6. The predicted octanol–water partition coefficient (Wildman–Crippen LogP) is 5.01. The Hall–Kier alpha value is -2.81. The van der Waals surface area contributed by atoms with E-state index in [1.54, 1.807) is 12.1 Å². The quantitative estimate of drug-likeness (QED) is 0.620. The van der Waals surface area contributed by atoms with Gasteiger partial charge in [0.25, 0.3) is 15.7 Å². The molecule has 0 fully saturated rings. The molecule has 0 aliphatic carbocycles. The summed E-state index contributed by atoms with van der Waals surface area (Å²) in [6.07, 6.45) is 0. The van der Waals surface area contributed by atoms with Gasteiger partial charge in [-0.2, -0.15) is 13.2 Å². The average molecular weight is 424 g/mol. The lowest BCUT2D eigenvalue weighted by Gasteiger charge is -2.15. The number of sulfone groups is 1. The van der Waals surface area contributed by atoms with Gasteiger partial charge in [0, 0.05) is 33.3 Å². The van der Waals surface area contributed by atoms with Crippen molar-refractivity contribution < 1.29 is 26.4 Å². The van der Waals surface area contributed by atoms with Gasteiger partial charge in [-0.3, -0.25) is 4.79 Å². The van der Waals surface area contributed by atoms with Crippen molar-refractivity contribution in [3.8, 4) is 0 Å². The smallest absolute Gasteiger partial charge is 0.358 e. The summed E-state index contributed by atoms with van der Waals surface area (Å²) in [5.41, 5.74) is -2.97. The molecule has 0 unspecified atom stereocenters. The highest BCUT2D eigenvalue weighted by atomic mass is 32.2. The highest BCUT2D eigenvalue weighted by Gasteiger charge is 2.46. The van der Waals surface area contributed by atoms with E-state index in [9.17, 15) is 26.4 Å². The summed E-state index contributed by atoms with van der Waals surface area (Å²) in [6, 6.07) is 10.9. The van der Waals surface area contributed by atoms with E-state index in [0.717, 1.165) is 40.9 Å². The Morgan fingerprint density at radius 3 is 2.14 bits per heavy atom. The molecule has 0 aliphatic rings. The van der Waals surface area contributed by atoms with E-state index in [0.29, 0.717) is 5.69 Å². The molecule has 5 nitrogen and oxygen atoms in total. The number of aromatic nitrogens is 1. The van der Waals surface area contributed by atoms with Crippen molar-refractivity contribution in [1.82, 2.24) is 4.98 Å². The van der Waals surface area contributed by atoms with Crippen LogP contribution >= 0.6 is 0 Å². The van der Waals surface area contributed by atoms with Crippen LogP contribution in [0.15, 0.2) is 53.4 Å². The average Bonchev–Trinajstić information content (AvgIpc) is 3.04. The second-order valence-electron chi connectivity index (χ2n) is 7.66. The van der Waals surface area contributed by atoms with Crippen LogP contribution in [0.2, 0.25) is 0 Å². The number of nitrogens with one attached hydrogen (secondary N) is 2. The minimum Gasteiger partial charge on any atom is -0.358 e. The van der Waals surface area contributed by atoms with Crippen LogP contribution in [0.1, 0.15) is 36.8 Å². The van der Waals surface area contributed by atoms with Crippen LogP contribution in [0.25, 0.3) is 10.9 Å². The molecule has 3 aromatic rings. The molecule has 154 valence electrons. The SMILES string of the molecule is CC(C)(C)c1cc2cc(NC(=O)c3ccc(S(=O)(=O)C(F)(F)F)cc3)ccc2[nH]1. The zero-order chi connectivity index (χ0) is 21.6. The highest BCUT2D eigenvalue weighted by Crippen LogP contribution is 2.30. The maximum Gasteiger partial charge on any atom is 0.501 e. The van der Waals surface area contributed by atoms with Gasteiger partial charge in [0.2, 0.25) is 0 Å². The summed E-state index contributed by atoms with van der Waals surface area (Å²) >= 11 is 0. The Morgan fingerprint density at radius 2 is 1.59 bits per heavy atom. The molecule has 0 spiro atoms. The number of aromatic amines is 1. The van der Waals surface area contributed by atoms with Crippen LogP contribution in [0, 0.1) is 0 Å². The molecule has 29 heavy (non-hydrogen) atoms. The van der Waals surface area contributed by atoms with Crippen molar-refractivity contribution in [2.24, 2.45) is 0 Å². The Kier molecular flexibility index (Phi) is 4.98. The maximum atomic E-state index is 12.6. The molecule has 9 heteroatoms. The molecule has 1 heterocycles. The van der Waals surface area contributed by atoms with Crippen molar-refractivity contribution in [2.45, 2.75) is 36.6 Å². The molecule has 3 rings (SSSR count). The number of alkyl halides is 3. The third kappa shape index (κ3) is 4.14. The molecule has 0 bridgehead atoms. The Bertz CT molecular complexity index is 1170. The number of hydrogen-bond donors (Lipinski definition) is 2. The largest absolute Gasteiger partial charge is 0.501 e. The monoisotopic (exact) mass is 424 g/mol. The first kappa shape index (κ1) is 20.9. The van der Waals surface area contributed by atoms with Crippen molar-refractivity contribution in [2.75, 3.05) is 5.32 Å². The van der Waals surface area contributed by atoms with Crippen LogP contribution < -0.4 is 5.32 Å². The topological polar surface area (TPSA) is 79.0 Å². The van der Waals surface area contributed by atoms with E-state index >= 15 is 0 Å². The van der Waals surface area contributed by atoms with E-state index in [-0.39, 0.29) is 11.0 Å². The molecular weight excluding hydrogens is 405 g/mol. The van der Waals surface area contributed by atoms with Crippen LogP contribution in [0.3, 0.4) is 0 Å². The van der Waals surface area contributed by atoms with Gasteiger partial charge in [0.05, 0.1) is 4.90 Å². The molecular formula is C20H19F3N2O3S. The first-order valence-corrected chi connectivity index (χ1v) is 10.1.